The zero-order valence-corrected chi connectivity index (χ0v) is 9.68. The molecule has 1 aromatic carbocycles. The van der Waals surface area contributed by atoms with E-state index >= 15 is 0 Å². The maximum Gasteiger partial charge on any atom is 0.345 e. The van der Waals surface area contributed by atoms with Crippen LogP contribution < -0.4 is 16.7 Å². The molecule has 0 aliphatic rings. The summed E-state index contributed by atoms with van der Waals surface area (Å²) in [5.41, 5.74) is 6.94. The van der Waals surface area contributed by atoms with Gasteiger partial charge in [0, 0.05) is 18.7 Å². The Kier molecular flexibility index (Phi) is 3.59. The predicted octanol–water partition coefficient (Wildman–Crippen LogP) is 0.513. The summed E-state index contributed by atoms with van der Waals surface area (Å²) in [5, 5.41) is 12.5. The minimum atomic E-state index is -0.438. The smallest absolute Gasteiger partial charge is 0.345 e. The highest BCUT2D eigenvalue weighted by Crippen LogP contribution is 2.26. The molecule has 2 aromatic rings. The molecule has 0 saturated carbocycles. The lowest BCUT2D eigenvalue weighted by Gasteiger charge is -2.10. The lowest BCUT2D eigenvalue weighted by atomic mass is 10.1. The van der Waals surface area contributed by atoms with E-state index in [1.807, 2.05) is 0 Å². The molecule has 0 amide bonds. The summed E-state index contributed by atoms with van der Waals surface area (Å²) < 4.78 is 0. The zero-order valence-electron chi connectivity index (χ0n) is 9.68. The van der Waals surface area contributed by atoms with Crippen LogP contribution in [0.2, 0.25) is 0 Å². The van der Waals surface area contributed by atoms with Crippen LogP contribution in [-0.2, 0) is 0 Å². The van der Waals surface area contributed by atoms with Crippen LogP contribution in [0.3, 0.4) is 0 Å². The van der Waals surface area contributed by atoms with E-state index in [0.29, 0.717) is 30.0 Å². The molecule has 0 unspecified atom stereocenters. The van der Waals surface area contributed by atoms with Crippen LogP contribution in [0.25, 0.3) is 11.3 Å². The van der Waals surface area contributed by atoms with Crippen LogP contribution in [-0.4, -0.2) is 28.2 Å². The van der Waals surface area contributed by atoms with Gasteiger partial charge in [0.05, 0.1) is 17.6 Å². The lowest BCUT2D eigenvalue weighted by molar-refractivity contribution is 0.475. The third-order valence-electron chi connectivity index (χ3n) is 2.41. The number of aromatic nitrogens is 2. The number of aromatic hydroxyl groups is 1. The molecule has 94 valence electrons. The van der Waals surface area contributed by atoms with Crippen molar-refractivity contribution in [3.63, 3.8) is 0 Å². The van der Waals surface area contributed by atoms with Crippen LogP contribution >= 0.6 is 0 Å². The van der Waals surface area contributed by atoms with Crippen molar-refractivity contribution in [3.05, 3.63) is 40.9 Å². The van der Waals surface area contributed by atoms with Gasteiger partial charge in [-0.25, -0.2) is 4.79 Å². The van der Waals surface area contributed by atoms with Crippen molar-refractivity contribution in [2.75, 3.05) is 18.4 Å². The van der Waals surface area contributed by atoms with E-state index in [-0.39, 0.29) is 5.75 Å². The van der Waals surface area contributed by atoms with Gasteiger partial charge in [0.15, 0.2) is 0 Å². The van der Waals surface area contributed by atoms with Gasteiger partial charge in [-0.05, 0) is 12.1 Å². The number of aromatic amines is 1. The fraction of sp³-hybridized carbons (Fsp3) is 0.167. The number of H-pyrrole nitrogens is 1. The van der Waals surface area contributed by atoms with Gasteiger partial charge < -0.3 is 21.1 Å². The molecule has 2 rings (SSSR count). The van der Waals surface area contributed by atoms with Crippen molar-refractivity contribution in [2.24, 2.45) is 5.73 Å². The van der Waals surface area contributed by atoms with Crippen molar-refractivity contribution in [1.82, 2.24) is 9.97 Å². The monoisotopic (exact) mass is 246 g/mol. The highest BCUT2D eigenvalue weighted by Gasteiger charge is 2.07. The summed E-state index contributed by atoms with van der Waals surface area (Å²) in [4.78, 5) is 17.6. The van der Waals surface area contributed by atoms with Crippen molar-refractivity contribution >= 4 is 5.69 Å². The molecule has 0 bridgehead atoms. The molecule has 0 aliphatic carbocycles. The van der Waals surface area contributed by atoms with Crippen molar-refractivity contribution in [1.29, 1.82) is 0 Å². The van der Waals surface area contributed by atoms with E-state index in [1.165, 1.54) is 6.20 Å². The Balaban J connectivity index is 2.47. The largest absolute Gasteiger partial charge is 0.508 e. The summed E-state index contributed by atoms with van der Waals surface area (Å²) >= 11 is 0. The fourth-order valence-electron chi connectivity index (χ4n) is 1.62. The van der Waals surface area contributed by atoms with Crippen LogP contribution in [0.15, 0.2) is 35.3 Å². The molecule has 1 aromatic heterocycles. The van der Waals surface area contributed by atoms with Gasteiger partial charge in [0.2, 0.25) is 0 Å². The van der Waals surface area contributed by atoms with Crippen molar-refractivity contribution < 1.29 is 5.11 Å². The molecule has 0 atom stereocenters. The predicted molar refractivity (Wildman–Crippen MR) is 69.5 cm³/mol. The molecule has 0 fully saturated rings. The lowest BCUT2D eigenvalue weighted by Crippen LogP contribution is -2.17. The average Bonchev–Trinajstić information content (AvgIpc) is 2.37. The van der Waals surface area contributed by atoms with E-state index in [0.717, 1.165) is 0 Å². The van der Waals surface area contributed by atoms with Gasteiger partial charge in [0.1, 0.15) is 5.75 Å². The molecule has 1 heterocycles. The standard InChI is InChI=1S/C12H14N4O2/c13-4-5-14-10-7-15-12(18)16-11(10)8-2-1-3-9(17)6-8/h1-3,6-7,14,17H,4-5,13H2,(H,15,16,18). The molecule has 5 N–H and O–H groups in total. The van der Waals surface area contributed by atoms with Crippen molar-refractivity contribution in [2.45, 2.75) is 0 Å². The molecule has 0 aliphatic heterocycles. The number of hydrogen-bond donors (Lipinski definition) is 4. The van der Waals surface area contributed by atoms with Gasteiger partial charge in [-0.1, -0.05) is 12.1 Å². The maximum absolute atomic E-state index is 11.3. The Morgan fingerprint density at radius 3 is 3.00 bits per heavy atom. The first kappa shape index (κ1) is 12.1. The molecule has 18 heavy (non-hydrogen) atoms. The van der Waals surface area contributed by atoms with E-state index in [2.05, 4.69) is 15.3 Å². The number of anilines is 1. The van der Waals surface area contributed by atoms with Crippen LogP contribution in [0.5, 0.6) is 5.75 Å². The van der Waals surface area contributed by atoms with Crippen LogP contribution in [0.1, 0.15) is 0 Å². The minimum absolute atomic E-state index is 0.134. The number of hydrogen-bond acceptors (Lipinski definition) is 5. The van der Waals surface area contributed by atoms with E-state index in [4.69, 9.17) is 5.73 Å². The summed E-state index contributed by atoms with van der Waals surface area (Å²) in [6.45, 7) is 1.04. The second kappa shape index (κ2) is 5.33. The number of rotatable bonds is 4. The Labute approximate surface area is 104 Å². The second-order valence-corrected chi connectivity index (χ2v) is 3.74. The number of phenolic OH excluding ortho intramolecular Hbond substituents is 1. The number of nitrogens with zero attached hydrogens (tertiary/aromatic N) is 1. The topological polar surface area (TPSA) is 104 Å². The molecular formula is C12H14N4O2. The third kappa shape index (κ3) is 2.67. The first-order valence-corrected chi connectivity index (χ1v) is 5.53. The summed E-state index contributed by atoms with van der Waals surface area (Å²) in [5.74, 6) is 0.134. The Bertz CT molecular complexity index is 595. The molecule has 0 saturated heterocycles. The van der Waals surface area contributed by atoms with Gasteiger partial charge >= 0.3 is 5.69 Å². The Morgan fingerprint density at radius 2 is 2.28 bits per heavy atom. The number of phenols is 1. The number of nitrogens with two attached hydrogens (primary N) is 1. The molecule has 0 radical (unpaired) electrons. The normalized spacial score (nSPS) is 10.3. The first-order valence-electron chi connectivity index (χ1n) is 5.53. The van der Waals surface area contributed by atoms with Crippen molar-refractivity contribution in [3.8, 4) is 17.0 Å². The highest BCUT2D eigenvalue weighted by molar-refractivity contribution is 5.74. The SMILES string of the molecule is NCCNc1cnc(=O)[nH]c1-c1cccc(O)c1. The van der Waals surface area contributed by atoms with Gasteiger partial charge in [-0.3, -0.25) is 0 Å². The average molecular weight is 246 g/mol. The van der Waals surface area contributed by atoms with E-state index in [1.54, 1.807) is 24.3 Å². The summed E-state index contributed by atoms with van der Waals surface area (Å²) in [6.07, 6.45) is 1.45. The highest BCUT2D eigenvalue weighted by atomic mass is 16.3. The summed E-state index contributed by atoms with van der Waals surface area (Å²) in [6, 6.07) is 6.63. The molecule has 6 nitrogen and oxygen atoms in total. The molecule has 6 heteroatoms. The van der Waals surface area contributed by atoms with Crippen LogP contribution in [0.4, 0.5) is 5.69 Å². The van der Waals surface area contributed by atoms with Gasteiger partial charge in [-0.15, -0.1) is 0 Å². The van der Waals surface area contributed by atoms with Gasteiger partial charge in [-0.2, -0.15) is 4.98 Å². The number of nitrogens with one attached hydrogen (secondary N) is 2. The third-order valence-corrected chi connectivity index (χ3v) is 2.41. The quantitative estimate of drug-likeness (QED) is 0.629. The Morgan fingerprint density at radius 1 is 1.44 bits per heavy atom. The zero-order chi connectivity index (χ0) is 13.0. The van der Waals surface area contributed by atoms with Gasteiger partial charge in [0.25, 0.3) is 0 Å². The minimum Gasteiger partial charge on any atom is -0.508 e. The number of benzene rings is 1. The Hall–Kier alpha value is -2.34. The second-order valence-electron chi connectivity index (χ2n) is 3.74. The summed E-state index contributed by atoms with van der Waals surface area (Å²) in [7, 11) is 0. The first-order chi connectivity index (χ1) is 8.70. The maximum atomic E-state index is 11.3. The fourth-order valence-corrected chi connectivity index (χ4v) is 1.62. The molecule has 0 spiro atoms. The molecular weight excluding hydrogens is 232 g/mol. The van der Waals surface area contributed by atoms with E-state index < -0.39 is 5.69 Å². The van der Waals surface area contributed by atoms with E-state index in [9.17, 15) is 9.90 Å². The van der Waals surface area contributed by atoms with Crippen LogP contribution in [0, 0.1) is 0 Å².